The van der Waals surface area contributed by atoms with E-state index in [1.165, 1.54) is 19.3 Å². The van der Waals surface area contributed by atoms with E-state index in [4.69, 9.17) is 27.3 Å². The Hall–Kier alpha value is -1.42. The minimum atomic E-state index is 0.0230. The minimum absolute atomic E-state index is 0.0230. The average molecular weight is 299 g/mol. The van der Waals surface area contributed by atoms with Gasteiger partial charge in [-0.2, -0.15) is 0 Å². The van der Waals surface area contributed by atoms with Gasteiger partial charge in [-0.3, -0.25) is 0 Å². The molecule has 4 nitrogen and oxygen atoms in total. The molecule has 0 aliphatic heterocycles. The highest BCUT2D eigenvalue weighted by Gasteiger charge is 2.12. The molecular weight excluding hydrogens is 276 g/mol. The van der Waals surface area contributed by atoms with Gasteiger partial charge in [0.25, 0.3) is 0 Å². The van der Waals surface area contributed by atoms with Crippen LogP contribution in [0.4, 0.5) is 0 Å². The predicted octanol–water partition coefficient (Wildman–Crippen LogP) is 4.17. The molecule has 0 radical (unpaired) electrons. The van der Waals surface area contributed by atoms with Gasteiger partial charge in [-0.15, -0.1) is 0 Å². The molecule has 0 bridgehead atoms. The number of oxime groups is 1. The summed E-state index contributed by atoms with van der Waals surface area (Å²) >= 11 is 5.97. The van der Waals surface area contributed by atoms with Crippen molar-refractivity contribution >= 4 is 17.4 Å². The summed E-state index contributed by atoms with van der Waals surface area (Å²) in [5.41, 5.74) is 6.19. The summed E-state index contributed by atoms with van der Waals surface area (Å²) in [5, 5.41) is 12.4. The molecule has 3 N–H and O–H groups in total. The number of hydrogen-bond donors (Lipinski definition) is 2. The SMILES string of the molecule is CCCCCCC(C)Oc1cc(Cl)ccc1C(N)=NO. The molecule has 1 rings (SSSR count). The lowest BCUT2D eigenvalue weighted by atomic mass is 10.1. The van der Waals surface area contributed by atoms with E-state index in [1.807, 2.05) is 6.92 Å². The highest BCUT2D eigenvalue weighted by Crippen LogP contribution is 2.25. The van der Waals surface area contributed by atoms with Crippen LogP contribution < -0.4 is 10.5 Å². The van der Waals surface area contributed by atoms with Crippen molar-refractivity contribution in [3.8, 4) is 5.75 Å². The lowest BCUT2D eigenvalue weighted by molar-refractivity contribution is 0.206. The van der Waals surface area contributed by atoms with E-state index in [0.29, 0.717) is 16.3 Å². The van der Waals surface area contributed by atoms with Crippen molar-refractivity contribution in [3.63, 3.8) is 0 Å². The normalized spacial score (nSPS) is 13.2. The molecule has 0 heterocycles. The number of unbranched alkanes of at least 4 members (excludes halogenated alkanes) is 3. The van der Waals surface area contributed by atoms with Gasteiger partial charge in [-0.25, -0.2) is 0 Å². The smallest absolute Gasteiger partial charge is 0.173 e. The van der Waals surface area contributed by atoms with Crippen LogP contribution in [0.15, 0.2) is 23.4 Å². The molecule has 0 fully saturated rings. The first-order chi connectivity index (χ1) is 9.58. The van der Waals surface area contributed by atoms with Gasteiger partial charge < -0.3 is 15.7 Å². The van der Waals surface area contributed by atoms with E-state index in [-0.39, 0.29) is 11.9 Å². The molecule has 0 amide bonds. The van der Waals surface area contributed by atoms with Crippen molar-refractivity contribution in [2.75, 3.05) is 0 Å². The van der Waals surface area contributed by atoms with Crippen LogP contribution in [0.2, 0.25) is 5.02 Å². The molecule has 0 spiro atoms. The second-order valence-electron chi connectivity index (χ2n) is 4.90. The molecule has 1 unspecified atom stereocenters. The standard InChI is InChI=1S/C15H23ClN2O2/c1-3-4-5-6-7-11(2)20-14-10-12(16)8-9-13(14)15(17)18-19/h8-11,19H,3-7H2,1-2H3,(H2,17,18). The molecule has 0 saturated heterocycles. The maximum atomic E-state index is 8.79. The number of nitrogens with two attached hydrogens (primary N) is 1. The quantitative estimate of drug-likeness (QED) is 0.249. The number of hydrogen-bond acceptors (Lipinski definition) is 3. The summed E-state index contributed by atoms with van der Waals surface area (Å²) in [7, 11) is 0. The lowest BCUT2D eigenvalue weighted by Crippen LogP contribution is -2.18. The predicted molar refractivity (Wildman–Crippen MR) is 82.8 cm³/mol. The van der Waals surface area contributed by atoms with Gasteiger partial charge in [-0.05, 0) is 38.0 Å². The Morgan fingerprint density at radius 1 is 1.40 bits per heavy atom. The van der Waals surface area contributed by atoms with Crippen molar-refractivity contribution in [1.29, 1.82) is 0 Å². The molecule has 0 aliphatic rings. The van der Waals surface area contributed by atoms with Gasteiger partial charge in [-0.1, -0.05) is 42.9 Å². The Bertz CT molecular complexity index is 449. The highest BCUT2D eigenvalue weighted by atomic mass is 35.5. The second kappa shape index (κ2) is 8.69. The molecule has 1 aromatic rings. The number of rotatable bonds is 8. The first-order valence-corrected chi connectivity index (χ1v) is 7.40. The van der Waals surface area contributed by atoms with E-state index >= 15 is 0 Å². The number of halogens is 1. The maximum Gasteiger partial charge on any atom is 0.173 e. The second-order valence-corrected chi connectivity index (χ2v) is 5.34. The Balaban J connectivity index is 2.68. The molecule has 20 heavy (non-hydrogen) atoms. The zero-order valence-corrected chi connectivity index (χ0v) is 12.9. The van der Waals surface area contributed by atoms with Crippen molar-refractivity contribution in [2.45, 2.75) is 52.1 Å². The third-order valence-corrected chi connectivity index (χ3v) is 3.35. The van der Waals surface area contributed by atoms with Gasteiger partial charge >= 0.3 is 0 Å². The Morgan fingerprint density at radius 3 is 2.80 bits per heavy atom. The summed E-state index contributed by atoms with van der Waals surface area (Å²) in [5.74, 6) is 0.575. The van der Waals surface area contributed by atoms with E-state index in [2.05, 4.69) is 12.1 Å². The molecule has 1 aromatic carbocycles. The van der Waals surface area contributed by atoms with E-state index in [9.17, 15) is 0 Å². The van der Waals surface area contributed by atoms with Crippen molar-refractivity contribution in [1.82, 2.24) is 0 Å². The number of benzene rings is 1. The molecule has 5 heteroatoms. The zero-order valence-electron chi connectivity index (χ0n) is 12.1. The number of amidine groups is 1. The first-order valence-electron chi connectivity index (χ1n) is 7.02. The third-order valence-electron chi connectivity index (χ3n) is 3.12. The van der Waals surface area contributed by atoms with Crippen LogP contribution in [0.5, 0.6) is 5.75 Å². The van der Waals surface area contributed by atoms with Gasteiger partial charge in [0.05, 0.1) is 11.7 Å². The van der Waals surface area contributed by atoms with Crippen LogP contribution in [0, 0.1) is 0 Å². The Labute approximate surface area is 125 Å². The lowest BCUT2D eigenvalue weighted by Gasteiger charge is -2.17. The van der Waals surface area contributed by atoms with E-state index in [1.54, 1.807) is 18.2 Å². The van der Waals surface area contributed by atoms with Gasteiger partial charge in [0.1, 0.15) is 5.75 Å². The molecular formula is C15H23ClN2O2. The molecule has 0 saturated carbocycles. The number of ether oxygens (including phenoxy) is 1. The minimum Gasteiger partial charge on any atom is -0.490 e. The Kier molecular flexibility index (Phi) is 7.23. The zero-order chi connectivity index (χ0) is 15.0. The average Bonchev–Trinajstić information content (AvgIpc) is 2.43. The van der Waals surface area contributed by atoms with Crippen LogP contribution in [0.1, 0.15) is 51.5 Å². The van der Waals surface area contributed by atoms with Crippen LogP contribution in [-0.4, -0.2) is 17.1 Å². The topological polar surface area (TPSA) is 67.8 Å². The van der Waals surface area contributed by atoms with E-state index < -0.39 is 0 Å². The first kappa shape index (κ1) is 16.6. The largest absolute Gasteiger partial charge is 0.490 e. The summed E-state index contributed by atoms with van der Waals surface area (Å²) < 4.78 is 5.87. The summed E-state index contributed by atoms with van der Waals surface area (Å²) in [4.78, 5) is 0. The molecule has 0 aliphatic carbocycles. The van der Waals surface area contributed by atoms with Crippen LogP contribution in [-0.2, 0) is 0 Å². The highest BCUT2D eigenvalue weighted by molar-refractivity contribution is 6.30. The van der Waals surface area contributed by atoms with Crippen LogP contribution in [0.25, 0.3) is 0 Å². The fraction of sp³-hybridized carbons (Fsp3) is 0.533. The fourth-order valence-corrected chi connectivity index (χ4v) is 2.16. The van der Waals surface area contributed by atoms with E-state index in [0.717, 1.165) is 12.8 Å². The third kappa shape index (κ3) is 5.29. The molecule has 112 valence electrons. The molecule has 0 aromatic heterocycles. The van der Waals surface area contributed by atoms with Gasteiger partial charge in [0.2, 0.25) is 0 Å². The van der Waals surface area contributed by atoms with Crippen molar-refractivity contribution in [3.05, 3.63) is 28.8 Å². The summed E-state index contributed by atoms with van der Waals surface area (Å²) in [6, 6.07) is 5.07. The van der Waals surface area contributed by atoms with Crippen LogP contribution >= 0.6 is 11.6 Å². The van der Waals surface area contributed by atoms with Crippen molar-refractivity contribution < 1.29 is 9.94 Å². The Morgan fingerprint density at radius 2 is 2.15 bits per heavy atom. The van der Waals surface area contributed by atoms with Crippen molar-refractivity contribution in [2.24, 2.45) is 10.9 Å². The molecule has 1 atom stereocenters. The fourth-order valence-electron chi connectivity index (χ4n) is 1.99. The van der Waals surface area contributed by atoms with Gasteiger partial charge in [0, 0.05) is 5.02 Å². The van der Waals surface area contributed by atoms with Gasteiger partial charge in [0.15, 0.2) is 5.84 Å². The number of nitrogens with zero attached hydrogens (tertiary/aromatic N) is 1. The van der Waals surface area contributed by atoms with Crippen LogP contribution in [0.3, 0.4) is 0 Å². The summed E-state index contributed by atoms with van der Waals surface area (Å²) in [6.45, 7) is 4.21. The summed E-state index contributed by atoms with van der Waals surface area (Å²) in [6.07, 6.45) is 5.86. The monoisotopic (exact) mass is 298 g/mol. The maximum absolute atomic E-state index is 8.79.